The molecule has 1 heterocycles. The molecule has 2 rings (SSSR count). The molecule has 0 aliphatic heterocycles. The Morgan fingerprint density at radius 2 is 2.15 bits per heavy atom. The van der Waals surface area contributed by atoms with Crippen LogP contribution < -0.4 is 15.8 Å². The zero-order chi connectivity index (χ0) is 14.5. The molecule has 0 radical (unpaired) electrons. The number of aryl methyl sites for hydroxylation is 1. The summed E-state index contributed by atoms with van der Waals surface area (Å²) in [5.41, 5.74) is 7.20. The van der Waals surface area contributed by atoms with Crippen molar-refractivity contribution in [3.05, 3.63) is 40.3 Å². The first-order valence-electron chi connectivity index (χ1n) is 6.24. The Kier molecular flexibility index (Phi) is 4.57. The maximum atomic E-state index is 11.8. The van der Waals surface area contributed by atoms with E-state index in [1.807, 2.05) is 19.2 Å². The lowest BCUT2D eigenvalue weighted by atomic mass is 10.3. The molecule has 6 heteroatoms. The number of carbonyl (C=O) groups excluding carboxylic acids is 1. The molecule has 0 saturated heterocycles. The Balaban J connectivity index is 1.82. The fourth-order valence-electron chi connectivity index (χ4n) is 1.63. The number of nitrogen functional groups attached to an aromatic ring is 1. The van der Waals surface area contributed by atoms with Crippen LogP contribution in [-0.2, 0) is 4.79 Å². The minimum atomic E-state index is -0.179. The van der Waals surface area contributed by atoms with Crippen molar-refractivity contribution in [1.82, 2.24) is 10.3 Å². The van der Waals surface area contributed by atoms with E-state index >= 15 is 0 Å². The maximum Gasteiger partial charge on any atom is 0.258 e. The number of anilines is 1. The summed E-state index contributed by atoms with van der Waals surface area (Å²) in [6.07, 6.45) is 0. The van der Waals surface area contributed by atoms with E-state index in [0.29, 0.717) is 11.4 Å². The highest BCUT2D eigenvalue weighted by atomic mass is 32.1. The van der Waals surface area contributed by atoms with Gasteiger partial charge in [0.25, 0.3) is 5.91 Å². The minimum absolute atomic E-state index is 0.0292. The fraction of sp³-hybridized carbons (Fsp3) is 0.286. The molecule has 1 aromatic heterocycles. The van der Waals surface area contributed by atoms with Crippen molar-refractivity contribution in [1.29, 1.82) is 0 Å². The number of rotatable bonds is 5. The van der Waals surface area contributed by atoms with E-state index in [9.17, 15) is 4.79 Å². The predicted molar refractivity (Wildman–Crippen MR) is 79.8 cm³/mol. The summed E-state index contributed by atoms with van der Waals surface area (Å²) < 4.78 is 5.38. The first-order valence-corrected chi connectivity index (χ1v) is 7.12. The highest BCUT2D eigenvalue weighted by Gasteiger charge is 2.12. The Labute approximate surface area is 121 Å². The molecule has 0 aliphatic carbocycles. The van der Waals surface area contributed by atoms with Gasteiger partial charge in [0.1, 0.15) is 10.8 Å². The number of benzene rings is 1. The average Bonchev–Trinajstić information content (AvgIpc) is 2.85. The quantitative estimate of drug-likeness (QED) is 0.829. The number of hydrogen-bond donors (Lipinski definition) is 2. The van der Waals surface area contributed by atoms with Gasteiger partial charge in [0.15, 0.2) is 6.61 Å². The third-order valence-corrected chi connectivity index (χ3v) is 3.78. The molecule has 0 spiro atoms. The molecule has 0 saturated carbocycles. The number of amides is 1. The Hall–Kier alpha value is -2.08. The van der Waals surface area contributed by atoms with Crippen LogP contribution in [0.3, 0.4) is 0 Å². The van der Waals surface area contributed by atoms with Gasteiger partial charge >= 0.3 is 0 Å². The number of nitrogens with one attached hydrogen (secondary N) is 1. The van der Waals surface area contributed by atoms with Gasteiger partial charge in [-0.05, 0) is 38.1 Å². The lowest BCUT2D eigenvalue weighted by Gasteiger charge is -2.12. The summed E-state index contributed by atoms with van der Waals surface area (Å²) in [5.74, 6) is 0.439. The SMILES string of the molecule is Cc1csc(C(C)NC(=O)COc2ccc(N)cc2)n1. The average molecular weight is 291 g/mol. The summed E-state index contributed by atoms with van der Waals surface area (Å²) in [4.78, 5) is 16.1. The standard InChI is InChI=1S/C14H17N3O2S/c1-9-8-20-14(16-9)10(2)17-13(18)7-19-12-5-3-11(15)4-6-12/h3-6,8,10H,7,15H2,1-2H3,(H,17,18). The van der Waals surface area contributed by atoms with E-state index in [4.69, 9.17) is 10.5 Å². The van der Waals surface area contributed by atoms with Gasteiger partial charge in [-0.25, -0.2) is 4.98 Å². The summed E-state index contributed by atoms with van der Waals surface area (Å²) >= 11 is 1.54. The molecule has 20 heavy (non-hydrogen) atoms. The van der Waals surface area contributed by atoms with Gasteiger partial charge in [0, 0.05) is 16.8 Å². The van der Waals surface area contributed by atoms with Crippen molar-refractivity contribution in [2.45, 2.75) is 19.9 Å². The van der Waals surface area contributed by atoms with Crippen LogP contribution in [0.4, 0.5) is 5.69 Å². The molecule has 2 aromatic rings. The molecule has 0 fully saturated rings. The van der Waals surface area contributed by atoms with Crippen molar-refractivity contribution >= 4 is 22.9 Å². The van der Waals surface area contributed by atoms with Gasteiger partial charge in [0.2, 0.25) is 0 Å². The van der Waals surface area contributed by atoms with Gasteiger partial charge < -0.3 is 15.8 Å². The van der Waals surface area contributed by atoms with Crippen LogP contribution in [0.25, 0.3) is 0 Å². The molecular weight excluding hydrogens is 274 g/mol. The molecule has 5 nitrogen and oxygen atoms in total. The van der Waals surface area contributed by atoms with Crippen LogP contribution in [0.1, 0.15) is 23.7 Å². The Morgan fingerprint density at radius 1 is 1.45 bits per heavy atom. The van der Waals surface area contributed by atoms with E-state index in [2.05, 4.69) is 10.3 Å². The second-order valence-electron chi connectivity index (χ2n) is 4.47. The molecule has 1 unspecified atom stereocenters. The number of hydrogen-bond acceptors (Lipinski definition) is 5. The van der Waals surface area contributed by atoms with Gasteiger partial charge in [-0.1, -0.05) is 0 Å². The molecule has 106 valence electrons. The van der Waals surface area contributed by atoms with E-state index in [1.165, 1.54) is 11.3 Å². The maximum absolute atomic E-state index is 11.8. The number of aromatic nitrogens is 1. The Bertz CT molecular complexity index is 580. The van der Waals surface area contributed by atoms with Crippen LogP contribution in [0.2, 0.25) is 0 Å². The highest BCUT2D eigenvalue weighted by Crippen LogP contribution is 2.17. The zero-order valence-corrected chi connectivity index (χ0v) is 12.2. The lowest BCUT2D eigenvalue weighted by Crippen LogP contribution is -2.31. The number of nitrogens with two attached hydrogens (primary N) is 1. The summed E-state index contributed by atoms with van der Waals surface area (Å²) in [6, 6.07) is 6.81. The second-order valence-corrected chi connectivity index (χ2v) is 5.36. The van der Waals surface area contributed by atoms with Crippen molar-refractivity contribution in [2.75, 3.05) is 12.3 Å². The minimum Gasteiger partial charge on any atom is -0.484 e. The van der Waals surface area contributed by atoms with E-state index in [0.717, 1.165) is 10.7 Å². The van der Waals surface area contributed by atoms with Crippen LogP contribution >= 0.6 is 11.3 Å². The van der Waals surface area contributed by atoms with Gasteiger partial charge in [-0.3, -0.25) is 4.79 Å². The number of ether oxygens (including phenoxy) is 1. The van der Waals surface area contributed by atoms with Crippen molar-refractivity contribution in [3.8, 4) is 5.75 Å². The first-order chi connectivity index (χ1) is 9.54. The van der Waals surface area contributed by atoms with Crippen molar-refractivity contribution < 1.29 is 9.53 Å². The zero-order valence-electron chi connectivity index (χ0n) is 11.4. The molecule has 0 aliphatic rings. The Morgan fingerprint density at radius 3 is 2.75 bits per heavy atom. The summed E-state index contributed by atoms with van der Waals surface area (Å²) in [5, 5.41) is 5.70. The molecular formula is C14H17N3O2S. The van der Waals surface area contributed by atoms with E-state index in [-0.39, 0.29) is 18.6 Å². The topological polar surface area (TPSA) is 77.2 Å². The smallest absolute Gasteiger partial charge is 0.258 e. The second kappa shape index (κ2) is 6.38. The highest BCUT2D eigenvalue weighted by molar-refractivity contribution is 7.09. The fourth-order valence-corrected chi connectivity index (χ4v) is 2.43. The van der Waals surface area contributed by atoms with Crippen LogP contribution in [0, 0.1) is 6.92 Å². The van der Waals surface area contributed by atoms with Crippen LogP contribution in [0.5, 0.6) is 5.75 Å². The van der Waals surface area contributed by atoms with Crippen LogP contribution in [0.15, 0.2) is 29.6 Å². The molecule has 1 atom stereocenters. The monoisotopic (exact) mass is 291 g/mol. The first kappa shape index (κ1) is 14.3. The van der Waals surface area contributed by atoms with Crippen LogP contribution in [-0.4, -0.2) is 17.5 Å². The number of thiazole rings is 1. The van der Waals surface area contributed by atoms with Gasteiger partial charge in [-0.2, -0.15) is 0 Å². The molecule has 1 amide bonds. The third kappa shape index (κ3) is 3.96. The number of nitrogens with zero attached hydrogens (tertiary/aromatic N) is 1. The number of carbonyl (C=O) groups is 1. The summed E-state index contributed by atoms with van der Waals surface area (Å²) in [7, 11) is 0. The van der Waals surface area contributed by atoms with Gasteiger partial charge in [-0.15, -0.1) is 11.3 Å². The molecule has 1 aromatic carbocycles. The third-order valence-electron chi connectivity index (χ3n) is 2.63. The van der Waals surface area contributed by atoms with Crippen molar-refractivity contribution in [2.24, 2.45) is 0 Å². The normalized spacial score (nSPS) is 11.9. The lowest BCUT2D eigenvalue weighted by molar-refractivity contribution is -0.123. The predicted octanol–water partition coefficient (Wildman–Crippen LogP) is 2.29. The van der Waals surface area contributed by atoms with E-state index < -0.39 is 0 Å². The molecule has 0 bridgehead atoms. The van der Waals surface area contributed by atoms with Gasteiger partial charge in [0.05, 0.1) is 6.04 Å². The largest absolute Gasteiger partial charge is 0.484 e. The molecule has 3 N–H and O–H groups in total. The van der Waals surface area contributed by atoms with Crippen molar-refractivity contribution in [3.63, 3.8) is 0 Å². The van der Waals surface area contributed by atoms with E-state index in [1.54, 1.807) is 24.3 Å². The summed E-state index contributed by atoms with van der Waals surface area (Å²) in [6.45, 7) is 3.80.